The minimum atomic E-state index is 0.716. The minimum Gasteiger partial charge on any atom is -0.315 e. The number of likely N-dealkylation sites (N-methyl/N-ethyl adjacent to an activating group) is 1. The molecular formula is C17H36N2. The highest BCUT2D eigenvalue weighted by Gasteiger charge is 2.28. The maximum Gasteiger partial charge on any atom is 0.0249 e. The molecule has 1 aliphatic rings. The van der Waals surface area contributed by atoms with E-state index in [1.165, 1.54) is 51.6 Å². The molecule has 1 N–H and O–H groups in total. The molecule has 2 heteroatoms. The fourth-order valence-electron chi connectivity index (χ4n) is 3.18. The Kier molecular flexibility index (Phi) is 8.01. The summed E-state index contributed by atoms with van der Waals surface area (Å²) in [7, 11) is 2.14. The molecule has 2 nitrogen and oxygen atoms in total. The van der Waals surface area contributed by atoms with Crippen molar-refractivity contribution in [3.05, 3.63) is 0 Å². The van der Waals surface area contributed by atoms with Crippen molar-refractivity contribution >= 4 is 0 Å². The highest BCUT2D eigenvalue weighted by Crippen LogP contribution is 2.24. The molecule has 2 atom stereocenters. The first kappa shape index (κ1) is 17.0. The summed E-state index contributed by atoms with van der Waals surface area (Å²) in [5.74, 6) is 1.64. The van der Waals surface area contributed by atoms with Crippen LogP contribution < -0.4 is 5.32 Å². The maximum absolute atomic E-state index is 3.57. The molecule has 114 valence electrons. The van der Waals surface area contributed by atoms with E-state index < -0.39 is 0 Å². The Balaban J connectivity index is 2.57. The zero-order valence-corrected chi connectivity index (χ0v) is 13.9. The summed E-state index contributed by atoms with van der Waals surface area (Å²) in [6, 6.07) is 1.49. The van der Waals surface area contributed by atoms with Gasteiger partial charge in [0, 0.05) is 12.1 Å². The van der Waals surface area contributed by atoms with Crippen LogP contribution in [0.3, 0.4) is 0 Å². The van der Waals surface area contributed by atoms with Crippen molar-refractivity contribution < 1.29 is 0 Å². The van der Waals surface area contributed by atoms with Gasteiger partial charge in [-0.1, -0.05) is 40.5 Å². The van der Waals surface area contributed by atoms with E-state index in [9.17, 15) is 0 Å². The van der Waals surface area contributed by atoms with Crippen LogP contribution in [0, 0.1) is 11.8 Å². The SMILES string of the molecule is CNC1CCCCC1N(CCC(C)C)CCC(C)C. The predicted octanol–water partition coefficient (Wildman–Crippen LogP) is 3.91. The second-order valence-electron chi connectivity index (χ2n) is 7.15. The molecule has 0 bridgehead atoms. The molecule has 0 saturated heterocycles. The van der Waals surface area contributed by atoms with Gasteiger partial charge in [-0.3, -0.25) is 4.90 Å². The molecule has 0 aromatic rings. The molecule has 19 heavy (non-hydrogen) atoms. The van der Waals surface area contributed by atoms with Crippen LogP contribution in [-0.4, -0.2) is 37.1 Å². The first-order valence-corrected chi connectivity index (χ1v) is 8.46. The summed E-state index contributed by atoms with van der Waals surface area (Å²) in [6.45, 7) is 11.9. The summed E-state index contributed by atoms with van der Waals surface area (Å²) in [6.07, 6.45) is 8.26. The highest BCUT2D eigenvalue weighted by molar-refractivity contribution is 4.87. The van der Waals surface area contributed by atoms with Crippen molar-refractivity contribution in [1.82, 2.24) is 10.2 Å². The Bertz CT molecular complexity index is 213. The Morgan fingerprint density at radius 3 is 1.95 bits per heavy atom. The Hall–Kier alpha value is -0.0800. The van der Waals surface area contributed by atoms with Crippen molar-refractivity contribution in [3.8, 4) is 0 Å². The second-order valence-corrected chi connectivity index (χ2v) is 7.15. The largest absolute Gasteiger partial charge is 0.315 e. The fraction of sp³-hybridized carbons (Fsp3) is 1.00. The number of rotatable bonds is 8. The van der Waals surface area contributed by atoms with Crippen molar-refractivity contribution in [2.24, 2.45) is 11.8 Å². The summed E-state index contributed by atoms with van der Waals surface area (Å²) >= 11 is 0. The standard InChI is InChI=1S/C17H36N2/c1-14(2)10-12-19(13-11-15(3)4)17-9-7-6-8-16(17)18-5/h14-18H,6-13H2,1-5H3. The zero-order valence-electron chi connectivity index (χ0n) is 13.9. The lowest BCUT2D eigenvalue weighted by Crippen LogP contribution is -2.51. The van der Waals surface area contributed by atoms with Gasteiger partial charge in [-0.2, -0.15) is 0 Å². The van der Waals surface area contributed by atoms with Crippen LogP contribution in [0.5, 0.6) is 0 Å². The van der Waals surface area contributed by atoms with Crippen LogP contribution in [0.2, 0.25) is 0 Å². The van der Waals surface area contributed by atoms with Gasteiger partial charge in [-0.15, -0.1) is 0 Å². The number of nitrogens with one attached hydrogen (secondary N) is 1. The molecule has 0 aliphatic heterocycles. The highest BCUT2D eigenvalue weighted by atomic mass is 15.2. The van der Waals surface area contributed by atoms with E-state index in [-0.39, 0.29) is 0 Å². The average Bonchev–Trinajstić information content (AvgIpc) is 2.38. The van der Waals surface area contributed by atoms with E-state index in [0.29, 0.717) is 6.04 Å². The van der Waals surface area contributed by atoms with Crippen molar-refractivity contribution in [3.63, 3.8) is 0 Å². The van der Waals surface area contributed by atoms with Gasteiger partial charge >= 0.3 is 0 Å². The lowest BCUT2D eigenvalue weighted by molar-refractivity contribution is 0.114. The van der Waals surface area contributed by atoms with Gasteiger partial charge in [0.1, 0.15) is 0 Å². The summed E-state index contributed by atoms with van der Waals surface area (Å²) in [4.78, 5) is 2.79. The molecule has 0 aromatic heterocycles. The molecule has 2 unspecified atom stereocenters. The van der Waals surface area contributed by atoms with E-state index in [1.807, 2.05) is 0 Å². The van der Waals surface area contributed by atoms with E-state index in [0.717, 1.165) is 17.9 Å². The summed E-state index contributed by atoms with van der Waals surface area (Å²) in [5.41, 5.74) is 0. The monoisotopic (exact) mass is 268 g/mol. The molecular weight excluding hydrogens is 232 g/mol. The molecule has 0 heterocycles. The molecule has 0 radical (unpaired) electrons. The number of hydrogen-bond acceptors (Lipinski definition) is 2. The van der Waals surface area contributed by atoms with E-state index >= 15 is 0 Å². The fourth-order valence-corrected chi connectivity index (χ4v) is 3.18. The van der Waals surface area contributed by atoms with Gasteiger partial charge in [-0.25, -0.2) is 0 Å². The van der Waals surface area contributed by atoms with Crippen LogP contribution >= 0.6 is 0 Å². The maximum atomic E-state index is 3.57. The van der Waals surface area contributed by atoms with Gasteiger partial charge in [0.2, 0.25) is 0 Å². The molecule has 0 spiro atoms. The molecule has 1 saturated carbocycles. The van der Waals surface area contributed by atoms with Gasteiger partial charge in [0.05, 0.1) is 0 Å². The third-order valence-corrected chi connectivity index (χ3v) is 4.56. The average molecular weight is 268 g/mol. The number of hydrogen-bond donors (Lipinski definition) is 1. The van der Waals surface area contributed by atoms with Crippen LogP contribution in [0.15, 0.2) is 0 Å². The predicted molar refractivity (Wildman–Crippen MR) is 85.6 cm³/mol. The van der Waals surface area contributed by atoms with Gasteiger partial charge in [0.25, 0.3) is 0 Å². The lowest BCUT2D eigenvalue weighted by atomic mass is 9.88. The minimum absolute atomic E-state index is 0.716. The smallest absolute Gasteiger partial charge is 0.0249 e. The first-order valence-electron chi connectivity index (χ1n) is 8.46. The van der Waals surface area contributed by atoms with Crippen LogP contribution in [0.1, 0.15) is 66.2 Å². The van der Waals surface area contributed by atoms with Crippen molar-refractivity contribution in [1.29, 1.82) is 0 Å². The summed E-state index contributed by atoms with van der Waals surface area (Å²) in [5, 5.41) is 3.57. The zero-order chi connectivity index (χ0) is 14.3. The van der Waals surface area contributed by atoms with Crippen LogP contribution in [-0.2, 0) is 0 Å². The molecule has 1 rings (SSSR count). The van der Waals surface area contributed by atoms with Crippen molar-refractivity contribution in [2.75, 3.05) is 20.1 Å². The normalized spacial score (nSPS) is 24.6. The quantitative estimate of drug-likeness (QED) is 0.718. The Morgan fingerprint density at radius 2 is 1.47 bits per heavy atom. The van der Waals surface area contributed by atoms with Crippen LogP contribution in [0.25, 0.3) is 0 Å². The third kappa shape index (κ3) is 6.27. The lowest BCUT2D eigenvalue weighted by Gasteiger charge is -2.40. The molecule has 1 fully saturated rings. The Morgan fingerprint density at radius 1 is 0.947 bits per heavy atom. The Labute approximate surface area is 121 Å². The van der Waals surface area contributed by atoms with E-state index in [1.54, 1.807) is 0 Å². The first-order chi connectivity index (χ1) is 9.04. The molecule has 0 aromatic carbocycles. The third-order valence-electron chi connectivity index (χ3n) is 4.56. The van der Waals surface area contributed by atoms with Crippen molar-refractivity contribution in [2.45, 2.75) is 78.3 Å². The molecule has 0 amide bonds. The van der Waals surface area contributed by atoms with Gasteiger partial charge in [0.15, 0.2) is 0 Å². The second kappa shape index (κ2) is 8.97. The summed E-state index contributed by atoms with van der Waals surface area (Å²) < 4.78 is 0. The van der Waals surface area contributed by atoms with E-state index in [4.69, 9.17) is 0 Å². The topological polar surface area (TPSA) is 15.3 Å². The molecule has 1 aliphatic carbocycles. The van der Waals surface area contributed by atoms with Crippen LogP contribution in [0.4, 0.5) is 0 Å². The van der Waals surface area contributed by atoms with Gasteiger partial charge in [-0.05, 0) is 57.7 Å². The van der Waals surface area contributed by atoms with Gasteiger partial charge < -0.3 is 5.32 Å². The number of nitrogens with zero attached hydrogens (tertiary/aromatic N) is 1. The van der Waals surface area contributed by atoms with E-state index in [2.05, 4.69) is 45.0 Å².